The minimum absolute atomic E-state index is 0.0233. The Bertz CT molecular complexity index is 746. The number of hydrogen-bond donors (Lipinski definition) is 0. The maximum atomic E-state index is 12.6. The van der Waals surface area contributed by atoms with E-state index in [9.17, 15) is 20.2 Å². The summed E-state index contributed by atoms with van der Waals surface area (Å²) in [5, 5.41) is 23.6. The molecule has 31 heavy (non-hydrogen) atoms. The number of nitro benzene ring substituents is 1. The summed E-state index contributed by atoms with van der Waals surface area (Å²) < 4.78 is 0. The molecule has 1 saturated heterocycles. The Hall–Kier alpha value is -2.06. The molecule has 0 spiro atoms. The van der Waals surface area contributed by atoms with Gasteiger partial charge in [0.1, 0.15) is 0 Å². The van der Waals surface area contributed by atoms with E-state index in [0.29, 0.717) is 31.6 Å². The van der Waals surface area contributed by atoms with Crippen LogP contribution in [-0.2, 0) is 6.42 Å². The van der Waals surface area contributed by atoms with Crippen LogP contribution >= 0.6 is 0 Å². The van der Waals surface area contributed by atoms with Gasteiger partial charge >= 0.3 is 0 Å². The van der Waals surface area contributed by atoms with Gasteiger partial charge in [0.15, 0.2) is 0 Å². The molecule has 4 rings (SSSR count). The SMILES string of the molecule is O=[N+]([O-])c1ccc(CC2([N+](=O)[O-])CN(C3CCCCC3)CN(C3CCCCC3)C2)cc1. The normalized spacial score (nSPS) is 24.1. The van der Waals surface area contributed by atoms with Crippen LogP contribution in [0.3, 0.4) is 0 Å². The van der Waals surface area contributed by atoms with E-state index >= 15 is 0 Å². The van der Waals surface area contributed by atoms with Crippen molar-refractivity contribution in [1.82, 2.24) is 9.80 Å². The first-order valence-corrected chi connectivity index (χ1v) is 11.8. The Balaban J connectivity index is 1.60. The second kappa shape index (κ2) is 9.61. The van der Waals surface area contributed by atoms with Gasteiger partial charge in [-0.3, -0.25) is 30.0 Å². The lowest BCUT2D eigenvalue weighted by molar-refractivity contribution is -0.576. The fourth-order valence-electron chi connectivity index (χ4n) is 5.93. The maximum absolute atomic E-state index is 12.6. The molecule has 0 amide bonds. The van der Waals surface area contributed by atoms with E-state index in [-0.39, 0.29) is 10.6 Å². The van der Waals surface area contributed by atoms with E-state index in [1.165, 1.54) is 50.7 Å². The molecule has 2 aliphatic carbocycles. The Morgan fingerprint density at radius 1 is 0.806 bits per heavy atom. The van der Waals surface area contributed by atoms with Crippen molar-refractivity contribution in [1.29, 1.82) is 0 Å². The summed E-state index contributed by atoms with van der Waals surface area (Å²) in [4.78, 5) is 27.9. The van der Waals surface area contributed by atoms with Gasteiger partial charge in [0, 0.05) is 35.6 Å². The molecule has 0 radical (unpaired) electrons. The number of benzene rings is 1. The topological polar surface area (TPSA) is 92.8 Å². The molecule has 8 nitrogen and oxygen atoms in total. The van der Waals surface area contributed by atoms with E-state index in [2.05, 4.69) is 9.80 Å². The van der Waals surface area contributed by atoms with Crippen molar-refractivity contribution >= 4 is 5.69 Å². The van der Waals surface area contributed by atoms with Crippen LogP contribution in [0.4, 0.5) is 5.69 Å². The van der Waals surface area contributed by atoms with Crippen LogP contribution in [0.15, 0.2) is 24.3 Å². The van der Waals surface area contributed by atoms with Gasteiger partial charge in [-0.25, -0.2) is 0 Å². The molecule has 0 bridgehead atoms. The average molecular weight is 431 g/mol. The fraction of sp³-hybridized carbons (Fsp3) is 0.739. The van der Waals surface area contributed by atoms with Crippen LogP contribution in [0.1, 0.15) is 69.8 Å². The highest BCUT2D eigenvalue weighted by Crippen LogP contribution is 2.34. The van der Waals surface area contributed by atoms with Crippen molar-refractivity contribution in [3.8, 4) is 0 Å². The minimum Gasteiger partial charge on any atom is -0.280 e. The molecule has 170 valence electrons. The molecule has 0 atom stereocenters. The molecule has 3 fully saturated rings. The van der Waals surface area contributed by atoms with Crippen LogP contribution in [0.5, 0.6) is 0 Å². The highest BCUT2D eigenvalue weighted by Gasteiger charge is 2.51. The van der Waals surface area contributed by atoms with Crippen molar-refractivity contribution in [2.45, 2.75) is 88.3 Å². The van der Waals surface area contributed by atoms with Gasteiger partial charge in [0.2, 0.25) is 0 Å². The van der Waals surface area contributed by atoms with Gasteiger partial charge < -0.3 is 0 Å². The quantitative estimate of drug-likeness (QED) is 0.491. The van der Waals surface area contributed by atoms with Crippen molar-refractivity contribution in [3.05, 3.63) is 50.1 Å². The van der Waals surface area contributed by atoms with Gasteiger partial charge in [0.05, 0.1) is 24.7 Å². The van der Waals surface area contributed by atoms with Crippen molar-refractivity contribution in [2.75, 3.05) is 19.8 Å². The van der Waals surface area contributed by atoms with E-state index in [1.807, 2.05) is 0 Å². The summed E-state index contributed by atoms with van der Waals surface area (Å²) in [7, 11) is 0. The largest absolute Gasteiger partial charge is 0.280 e. The van der Waals surface area contributed by atoms with Crippen LogP contribution in [0.2, 0.25) is 0 Å². The molecule has 1 heterocycles. The van der Waals surface area contributed by atoms with Gasteiger partial charge in [-0.05, 0) is 31.2 Å². The van der Waals surface area contributed by atoms with Crippen molar-refractivity contribution < 1.29 is 9.85 Å². The first-order valence-electron chi connectivity index (χ1n) is 11.8. The molecule has 0 N–H and O–H groups in total. The Labute approximate surface area is 183 Å². The summed E-state index contributed by atoms with van der Waals surface area (Å²) in [6.07, 6.45) is 12.2. The second-order valence-electron chi connectivity index (χ2n) is 9.80. The van der Waals surface area contributed by atoms with Crippen LogP contribution in [0.25, 0.3) is 0 Å². The zero-order valence-electron chi connectivity index (χ0n) is 18.3. The molecule has 8 heteroatoms. The van der Waals surface area contributed by atoms with Crippen molar-refractivity contribution in [3.63, 3.8) is 0 Å². The van der Waals surface area contributed by atoms with E-state index < -0.39 is 10.5 Å². The van der Waals surface area contributed by atoms with Crippen LogP contribution in [-0.4, -0.2) is 57.0 Å². The van der Waals surface area contributed by atoms with Gasteiger partial charge in [0.25, 0.3) is 11.2 Å². The standard InChI is InChI=1S/C23H34N4O4/c28-26(29)22-13-11-19(12-14-22)15-23(27(30)31)16-24(20-7-3-1-4-8-20)18-25(17-23)21-9-5-2-6-10-21/h11-14,20-21H,1-10,15-18H2. The zero-order chi connectivity index (χ0) is 21.8. The Morgan fingerprint density at radius 2 is 1.29 bits per heavy atom. The smallest absolute Gasteiger partial charge is 0.269 e. The predicted molar refractivity (Wildman–Crippen MR) is 119 cm³/mol. The molecule has 1 aliphatic heterocycles. The highest BCUT2D eigenvalue weighted by atomic mass is 16.6. The summed E-state index contributed by atoms with van der Waals surface area (Å²) in [6, 6.07) is 7.15. The lowest BCUT2D eigenvalue weighted by Gasteiger charge is -2.49. The van der Waals surface area contributed by atoms with Gasteiger partial charge in [-0.15, -0.1) is 0 Å². The first-order chi connectivity index (χ1) is 15.0. The number of nitro groups is 2. The maximum Gasteiger partial charge on any atom is 0.269 e. The lowest BCUT2D eigenvalue weighted by Crippen LogP contribution is -2.67. The highest BCUT2D eigenvalue weighted by molar-refractivity contribution is 5.33. The summed E-state index contributed by atoms with van der Waals surface area (Å²) in [6.45, 7) is 1.76. The third-order valence-electron chi connectivity index (χ3n) is 7.61. The number of nitrogens with zero attached hydrogens (tertiary/aromatic N) is 4. The molecular weight excluding hydrogens is 396 g/mol. The molecular formula is C23H34N4O4. The molecule has 1 aromatic rings. The summed E-state index contributed by atoms with van der Waals surface area (Å²) in [5.41, 5.74) is -0.255. The average Bonchev–Trinajstić information content (AvgIpc) is 2.80. The molecule has 3 aliphatic rings. The van der Waals surface area contributed by atoms with E-state index in [4.69, 9.17) is 0 Å². The first kappa shape index (κ1) is 22.1. The van der Waals surface area contributed by atoms with Crippen LogP contribution in [0, 0.1) is 20.2 Å². The monoisotopic (exact) mass is 430 g/mol. The number of rotatable bonds is 6. The third kappa shape index (κ3) is 5.06. The summed E-state index contributed by atoms with van der Waals surface area (Å²) >= 11 is 0. The number of hydrogen-bond acceptors (Lipinski definition) is 6. The van der Waals surface area contributed by atoms with E-state index in [1.54, 1.807) is 12.1 Å². The second-order valence-corrected chi connectivity index (χ2v) is 9.80. The van der Waals surface area contributed by atoms with Crippen LogP contribution < -0.4 is 0 Å². The Morgan fingerprint density at radius 3 is 1.71 bits per heavy atom. The summed E-state index contributed by atoms with van der Waals surface area (Å²) in [5.74, 6) is 0. The molecule has 0 aromatic heterocycles. The van der Waals surface area contributed by atoms with E-state index in [0.717, 1.165) is 37.9 Å². The lowest BCUT2D eigenvalue weighted by atomic mass is 9.84. The predicted octanol–water partition coefficient (Wildman–Crippen LogP) is 4.39. The number of non-ortho nitro benzene ring substituents is 1. The molecule has 0 unspecified atom stereocenters. The van der Waals surface area contributed by atoms with Crippen molar-refractivity contribution in [2.24, 2.45) is 0 Å². The molecule has 1 aromatic carbocycles. The Kier molecular flexibility index (Phi) is 6.86. The molecule has 2 saturated carbocycles. The third-order valence-corrected chi connectivity index (χ3v) is 7.61. The van der Waals surface area contributed by atoms with Gasteiger partial charge in [-0.1, -0.05) is 50.7 Å². The zero-order valence-corrected chi connectivity index (χ0v) is 18.3. The fourth-order valence-corrected chi connectivity index (χ4v) is 5.93. The minimum atomic E-state index is -1.08. The van der Waals surface area contributed by atoms with Gasteiger partial charge in [-0.2, -0.15) is 0 Å².